The first-order valence-corrected chi connectivity index (χ1v) is 6.49. The molecule has 0 saturated carbocycles. The summed E-state index contributed by atoms with van der Waals surface area (Å²) in [5.74, 6) is -0.404. The van der Waals surface area contributed by atoms with Crippen LogP contribution in [0.1, 0.15) is 46.5 Å². The quantitative estimate of drug-likeness (QED) is 0.620. The van der Waals surface area contributed by atoms with Gasteiger partial charge >= 0.3 is 5.97 Å². The van der Waals surface area contributed by atoms with Crippen LogP contribution in [0.2, 0.25) is 0 Å². The minimum Gasteiger partial charge on any atom is -0.480 e. The van der Waals surface area contributed by atoms with Gasteiger partial charge in [-0.3, -0.25) is 4.79 Å². The summed E-state index contributed by atoms with van der Waals surface area (Å²) in [4.78, 5) is 11.5. The van der Waals surface area contributed by atoms with Gasteiger partial charge in [0.05, 0.1) is 0 Å². The molecule has 0 aromatic carbocycles. The molecular formula is C13H27NO3. The second-order valence-corrected chi connectivity index (χ2v) is 4.83. The molecule has 0 amide bonds. The molecule has 1 unspecified atom stereocenters. The van der Waals surface area contributed by atoms with Gasteiger partial charge < -0.3 is 15.2 Å². The van der Waals surface area contributed by atoms with Crippen LogP contribution >= 0.6 is 0 Å². The SMILES string of the molecule is CCCC(CCC)(NCC(C)COC)C(=O)O. The second-order valence-electron chi connectivity index (χ2n) is 4.83. The lowest BCUT2D eigenvalue weighted by Gasteiger charge is -2.31. The maximum atomic E-state index is 11.5. The van der Waals surface area contributed by atoms with Crippen molar-refractivity contribution in [2.75, 3.05) is 20.3 Å². The largest absolute Gasteiger partial charge is 0.480 e. The highest BCUT2D eigenvalue weighted by Crippen LogP contribution is 2.20. The molecule has 0 bridgehead atoms. The first-order chi connectivity index (χ1) is 8.02. The van der Waals surface area contributed by atoms with E-state index < -0.39 is 11.5 Å². The van der Waals surface area contributed by atoms with Crippen molar-refractivity contribution in [1.29, 1.82) is 0 Å². The van der Waals surface area contributed by atoms with Gasteiger partial charge in [-0.2, -0.15) is 0 Å². The van der Waals surface area contributed by atoms with E-state index in [1.165, 1.54) is 0 Å². The first kappa shape index (κ1) is 16.4. The molecule has 0 aliphatic carbocycles. The van der Waals surface area contributed by atoms with Gasteiger partial charge in [0, 0.05) is 20.3 Å². The normalized spacial score (nSPS) is 13.6. The molecule has 0 spiro atoms. The molecule has 102 valence electrons. The predicted molar refractivity (Wildman–Crippen MR) is 69.2 cm³/mol. The Bertz CT molecular complexity index is 213. The Hall–Kier alpha value is -0.610. The molecule has 0 aromatic rings. The minimum absolute atomic E-state index is 0.326. The van der Waals surface area contributed by atoms with Crippen LogP contribution in [0.5, 0.6) is 0 Å². The summed E-state index contributed by atoms with van der Waals surface area (Å²) in [6, 6.07) is 0. The summed E-state index contributed by atoms with van der Waals surface area (Å²) in [7, 11) is 1.67. The molecule has 1 atom stereocenters. The number of carbonyl (C=O) groups is 1. The Balaban J connectivity index is 4.49. The van der Waals surface area contributed by atoms with Crippen molar-refractivity contribution in [2.45, 2.75) is 52.0 Å². The van der Waals surface area contributed by atoms with Gasteiger partial charge in [-0.25, -0.2) is 0 Å². The molecule has 0 aromatic heterocycles. The fourth-order valence-corrected chi connectivity index (χ4v) is 2.16. The third kappa shape index (κ3) is 5.50. The van der Waals surface area contributed by atoms with Crippen LogP contribution in [0.15, 0.2) is 0 Å². The van der Waals surface area contributed by atoms with Crippen molar-refractivity contribution >= 4 is 5.97 Å². The number of aliphatic carboxylic acids is 1. The van der Waals surface area contributed by atoms with E-state index in [-0.39, 0.29) is 0 Å². The van der Waals surface area contributed by atoms with Crippen LogP contribution in [-0.4, -0.2) is 36.9 Å². The molecule has 0 heterocycles. The number of carboxylic acid groups (broad SMARTS) is 1. The second kappa shape index (κ2) is 8.48. The fraction of sp³-hybridized carbons (Fsp3) is 0.923. The van der Waals surface area contributed by atoms with E-state index >= 15 is 0 Å². The molecule has 0 fully saturated rings. The summed E-state index contributed by atoms with van der Waals surface area (Å²) in [6.07, 6.45) is 3.10. The van der Waals surface area contributed by atoms with Crippen LogP contribution in [-0.2, 0) is 9.53 Å². The molecule has 0 aliphatic heterocycles. The third-order valence-electron chi connectivity index (χ3n) is 3.00. The van der Waals surface area contributed by atoms with E-state index in [9.17, 15) is 9.90 Å². The van der Waals surface area contributed by atoms with E-state index in [1.807, 2.05) is 13.8 Å². The van der Waals surface area contributed by atoms with Crippen LogP contribution < -0.4 is 5.32 Å². The zero-order valence-corrected chi connectivity index (χ0v) is 11.6. The van der Waals surface area contributed by atoms with Crippen LogP contribution in [0.25, 0.3) is 0 Å². The fourth-order valence-electron chi connectivity index (χ4n) is 2.16. The molecular weight excluding hydrogens is 218 g/mol. The topological polar surface area (TPSA) is 58.6 Å². The standard InChI is InChI=1S/C13H27NO3/c1-5-7-13(8-6-2,12(15)16)14-9-11(3)10-17-4/h11,14H,5-10H2,1-4H3,(H,15,16). The molecule has 4 heteroatoms. The summed E-state index contributed by atoms with van der Waals surface area (Å²) < 4.78 is 5.06. The zero-order valence-electron chi connectivity index (χ0n) is 11.6. The van der Waals surface area contributed by atoms with Crippen LogP contribution in [0.4, 0.5) is 0 Å². The minimum atomic E-state index is -0.758. The average molecular weight is 245 g/mol. The van der Waals surface area contributed by atoms with Crippen molar-refractivity contribution < 1.29 is 14.6 Å². The summed E-state index contributed by atoms with van der Waals surface area (Å²) in [5.41, 5.74) is -0.758. The molecule has 0 radical (unpaired) electrons. The van der Waals surface area contributed by atoms with Crippen molar-refractivity contribution in [3.63, 3.8) is 0 Å². The van der Waals surface area contributed by atoms with Crippen LogP contribution in [0.3, 0.4) is 0 Å². The van der Waals surface area contributed by atoms with Crippen LogP contribution in [0, 0.1) is 5.92 Å². The Labute approximate surface area is 105 Å². The molecule has 2 N–H and O–H groups in total. The third-order valence-corrected chi connectivity index (χ3v) is 3.00. The van der Waals surface area contributed by atoms with E-state index in [2.05, 4.69) is 12.2 Å². The Morgan fingerprint density at radius 3 is 2.24 bits per heavy atom. The summed E-state index contributed by atoms with van der Waals surface area (Å²) >= 11 is 0. The van der Waals surface area contributed by atoms with Crippen molar-refractivity contribution in [1.82, 2.24) is 5.32 Å². The Morgan fingerprint density at radius 1 is 1.35 bits per heavy atom. The van der Waals surface area contributed by atoms with Crippen molar-refractivity contribution in [3.8, 4) is 0 Å². The monoisotopic (exact) mass is 245 g/mol. The number of hydrogen-bond acceptors (Lipinski definition) is 3. The molecule has 4 nitrogen and oxygen atoms in total. The van der Waals surface area contributed by atoms with Gasteiger partial charge in [0.2, 0.25) is 0 Å². The van der Waals surface area contributed by atoms with Crippen molar-refractivity contribution in [3.05, 3.63) is 0 Å². The Kier molecular flexibility index (Phi) is 8.17. The Morgan fingerprint density at radius 2 is 1.88 bits per heavy atom. The molecule has 0 rings (SSSR count). The van der Waals surface area contributed by atoms with E-state index in [1.54, 1.807) is 7.11 Å². The van der Waals surface area contributed by atoms with Gasteiger partial charge in [0.1, 0.15) is 5.54 Å². The average Bonchev–Trinajstić information content (AvgIpc) is 2.26. The van der Waals surface area contributed by atoms with E-state index in [0.717, 1.165) is 12.8 Å². The number of nitrogens with one attached hydrogen (secondary N) is 1. The maximum Gasteiger partial charge on any atom is 0.323 e. The van der Waals surface area contributed by atoms with E-state index in [0.29, 0.717) is 31.9 Å². The lowest BCUT2D eigenvalue weighted by atomic mass is 9.88. The number of methoxy groups -OCH3 is 1. The number of carboxylic acids is 1. The number of rotatable bonds is 10. The van der Waals surface area contributed by atoms with Gasteiger partial charge in [0.15, 0.2) is 0 Å². The predicted octanol–water partition coefficient (Wildman–Crippen LogP) is 2.28. The van der Waals surface area contributed by atoms with Gasteiger partial charge in [-0.15, -0.1) is 0 Å². The highest BCUT2D eigenvalue weighted by atomic mass is 16.5. The number of hydrogen-bond donors (Lipinski definition) is 2. The zero-order chi connectivity index (χ0) is 13.3. The molecule has 0 aliphatic rings. The summed E-state index contributed by atoms with van der Waals surface area (Å²) in [6.45, 7) is 7.43. The van der Waals surface area contributed by atoms with Gasteiger partial charge in [-0.1, -0.05) is 33.6 Å². The van der Waals surface area contributed by atoms with Gasteiger partial charge in [-0.05, 0) is 18.8 Å². The molecule has 0 saturated heterocycles. The summed E-state index contributed by atoms with van der Waals surface area (Å²) in [5, 5.41) is 12.7. The smallest absolute Gasteiger partial charge is 0.323 e. The highest BCUT2D eigenvalue weighted by molar-refractivity contribution is 5.78. The highest BCUT2D eigenvalue weighted by Gasteiger charge is 2.36. The molecule has 17 heavy (non-hydrogen) atoms. The number of ether oxygens (including phenoxy) is 1. The lowest BCUT2D eigenvalue weighted by Crippen LogP contribution is -2.53. The van der Waals surface area contributed by atoms with Gasteiger partial charge in [0.25, 0.3) is 0 Å². The van der Waals surface area contributed by atoms with Crippen molar-refractivity contribution in [2.24, 2.45) is 5.92 Å². The van der Waals surface area contributed by atoms with E-state index in [4.69, 9.17) is 4.74 Å². The first-order valence-electron chi connectivity index (χ1n) is 6.49. The maximum absolute atomic E-state index is 11.5. The lowest BCUT2D eigenvalue weighted by molar-refractivity contribution is -0.145.